The number of benzene rings is 7. The average molecular weight is 687 g/mol. The lowest BCUT2D eigenvalue weighted by atomic mass is 9.74. The second-order valence-electron chi connectivity index (χ2n) is 15.0. The highest BCUT2D eigenvalue weighted by molar-refractivity contribution is 6.08. The van der Waals surface area contributed by atoms with Crippen molar-refractivity contribution in [1.29, 1.82) is 0 Å². The van der Waals surface area contributed by atoms with Gasteiger partial charge in [0, 0.05) is 38.9 Å². The number of hydrogen-bond acceptors (Lipinski definition) is 3. The minimum atomic E-state index is -0.135. The molecule has 1 spiro atoms. The van der Waals surface area contributed by atoms with E-state index in [0.717, 1.165) is 48.2 Å². The van der Waals surface area contributed by atoms with Gasteiger partial charge in [-0.15, -0.1) is 0 Å². The Balaban J connectivity index is 1.21. The molecule has 2 aliphatic carbocycles. The second kappa shape index (κ2) is 12.6. The van der Waals surface area contributed by atoms with Gasteiger partial charge in [-0.05, 0) is 132 Å². The van der Waals surface area contributed by atoms with Gasteiger partial charge in [-0.2, -0.15) is 0 Å². The highest BCUT2D eigenvalue weighted by atomic mass is 16.3. The van der Waals surface area contributed by atoms with E-state index in [1.54, 1.807) is 0 Å². The van der Waals surface area contributed by atoms with Crippen LogP contribution < -0.4 is 9.80 Å². The molecule has 1 aromatic heterocycles. The Morgan fingerprint density at radius 2 is 1.00 bits per heavy atom. The lowest BCUT2D eigenvalue weighted by Crippen LogP contribution is -2.27. The molecule has 0 unspecified atom stereocenters. The number of anilines is 6. The molecule has 1 heterocycles. The molecular formula is C50H42N2O. The highest BCUT2D eigenvalue weighted by Gasteiger charge is 2.49. The van der Waals surface area contributed by atoms with Crippen molar-refractivity contribution < 1.29 is 4.42 Å². The summed E-state index contributed by atoms with van der Waals surface area (Å²) in [6.45, 7) is 4.54. The van der Waals surface area contributed by atoms with Gasteiger partial charge in [0.2, 0.25) is 0 Å². The van der Waals surface area contributed by atoms with Crippen molar-refractivity contribution in [3.63, 3.8) is 0 Å². The molecule has 0 saturated heterocycles. The fourth-order valence-corrected chi connectivity index (χ4v) is 9.56. The zero-order valence-corrected chi connectivity index (χ0v) is 30.3. The first-order valence-electron chi connectivity index (χ1n) is 19.1. The standard InChI is InChI=1S/C50H42N2O/c1-34(2)41-23-14-26-46-47(41)42-33-40(27-28-45(42)53-46)52(39-21-10-5-11-22-39)44-25-13-16-36-30-32-50(49(36)44)31-29-35-15-12-24-43(48(35)50)51(37-17-6-3-7-18-37)38-19-8-4-9-20-38/h3-28,33-34H,29-32H2,1-2H3/t50-/m1/s1. The summed E-state index contributed by atoms with van der Waals surface area (Å²) in [7, 11) is 0. The highest BCUT2D eigenvalue weighted by Crippen LogP contribution is 2.60. The van der Waals surface area contributed by atoms with Gasteiger partial charge in [-0.25, -0.2) is 0 Å². The van der Waals surface area contributed by atoms with Crippen LogP contribution in [0, 0.1) is 0 Å². The van der Waals surface area contributed by atoms with Crippen LogP contribution >= 0.6 is 0 Å². The summed E-state index contributed by atoms with van der Waals surface area (Å²) in [5.74, 6) is 0.383. The van der Waals surface area contributed by atoms with Crippen molar-refractivity contribution in [1.82, 2.24) is 0 Å². The van der Waals surface area contributed by atoms with Crippen LogP contribution in [0.2, 0.25) is 0 Å². The minimum Gasteiger partial charge on any atom is -0.456 e. The first kappa shape index (κ1) is 31.7. The lowest BCUT2D eigenvalue weighted by molar-refractivity contribution is 0.508. The van der Waals surface area contributed by atoms with Gasteiger partial charge < -0.3 is 14.2 Å². The van der Waals surface area contributed by atoms with Crippen molar-refractivity contribution in [3.8, 4) is 0 Å². The van der Waals surface area contributed by atoms with Crippen LogP contribution in [0.25, 0.3) is 21.9 Å². The lowest BCUT2D eigenvalue weighted by Gasteiger charge is -2.37. The van der Waals surface area contributed by atoms with Gasteiger partial charge in [-0.3, -0.25) is 0 Å². The van der Waals surface area contributed by atoms with Gasteiger partial charge in [0.25, 0.3) is 0 Å². The molecule has 3 nitrogen and oxygen atoms in total. The number of hydrogen-bond donors (Lipinski definition) is 0. The Bertz CT molecular complexity index is 2560. The van der Waals surface area contributed by atoms with Gasteiger partial charge in [0.15, 0.2) is 0 Å². The predicted molar refractivity (Wildman–Crippen MR) is 221 cm³/mol. The van der Waals surface area contributed by atoms with Crippen molar-refractivity contribution in [3.05, 3.63) is 192 Å². The molecule has 1 atom stereocenters. The van der Waals surface area contributed by atoms with Gasteiger partial charge in [0.05, 0.1) is 11.4 Å². The smallest absolute Gasteiger partial charge is 0.135 e. The molecule has 10 rings (SSSR count). The molecule has 0 fully saturated rings. The Kier molecular flexibility index (Phi) is 7.50. The second-order valence-corrected chi connectivity index (χ2v) is 15.0. The SMILES string of the molecule is CC(C)c1cccc2oc3ccc(N(c4ccccc4)c4cccc5c4[C@]4(CCc6cccc(N(c7ccccc7)c7ccccc7)c64)CC5)cc3c12. The molecule has 0 aliphatic heterocycles. The maximum atomic E-state index is 6.46. The Hall–Kier alpha value is -6.06. The Morgan fingerprint density at radius 1 is 0.491 bits per heavy atom. The summed E-state index contributed by atoms with van der Waals surface area (Å²) in [6, 6.07) is 59.9. The van der Waals surface area contributed by atoms with E-state index in [2.05, 4.69) is 187 Å². The van der Waals surface area contributed by atoms with E-state index in [-0.39, 0.29) is 5.41 Å². The summed E-state index contributed by atoms with van der Waals surface area (Å²) in [6.07, 6.45) is 4.29. The number of rotatable bonds is 7. The molecule has 7 aromatic carbocycles. The molecule has 53 heavy (non-hydrogen) atoms. The summed E-state index contributed by atoms with van der Waals surface area (Å²) >= 11 is 0. The monoisotopic (exact) mass is 686 g/mol. The fourth-order valence-electron chi connectivity index (χ4n) is 9.56. The number of nitrogens with zero attached hydrogens (tertiary/aromatic N) is 2. The van der Waals surface area contributed by atoms with Gasteiger partial charge in [0.1, 0.15) is 11.2 Å². The first-order chi connectivity index (χ1) is 26.1. The van der Waals surface area contributed by atoms with Crippen LogP contribution in [0.1, 0.15) is 60.4 Å². The molecule has 0 radical (unpaired) electrons. The predicted octanol–water partition coefficient (Wildman–Crippen LogP) is 13.8. The summed E-state index contributed by atoms with van der Waals surface area (Å²) in [5.41, 5.74) is 16.1. The van der Waals surface area contributed by atoms with Crippen LogP contribution in [0.15, 0.2) is 168 Å². The first-order valence-corrected chi connectivity index (χ1v) is 19.1. The van der Waals surface area contributed by atoms with E-state index < -0.39 is 0 Å². The van der Waals surface area contributed by atoms with Crippen LogP contribution in [-0.4, -0.2) is 0 Å². The molecule has 258 valence electrons. The number of para-hydroxylation sites is 3. The van der Waals surface area contributed by atoms with Crippen LogP contribution in [0.5, 0.6) is 0 Å². The summed E-state index contributed by atoms with van der Waals surface area (Å²) < 4.78 is 6.46. The summed E-state index contributed by atoms with van der Waals surface area (Å²) in [4.78, 5) is 4.99. The van der Waals surface area contributed by atoms with Gasteiger partial charge in [-0.1, -0.05) is 105 Å². The number of aryl methyl sites for hydroxylation is 2. The maximum absolute atomic E-state index is 6.46. The van der Waals surface area contributed by atoms with E-state index in [4.69, 9.17) is 4.42 Å². The van der Waals surface area contributed by atoms with E-state index >= 15 is 0 Å². The molecule has 2 aliphatic rings. The van der Waals surface area contributed by atoms with Gasteiger partial charge >= 0.3 is 0 Å². The van der Waals surface area contributed by atoms with Crippen molar-refractivity contribution in [2.45, 2.75) is 50.9 Å². The molecule has 3 heteroatoms. The van der Waals surface area contributed by atoms with Crippen LogP contribution in [0.4, 0.5) is 34.1 Å². The largest absolute Gasteiger partial charge is 0.456 e. The van der Waals surface area contributed by atoms with Crippen LogP contribution in [-0.2, 0) is 18.3 Å². The molecule has 8 aromatic rings. The van der Waals surface area contributed by atoms with E-state index in [1.165, 1.54) is 61.3 Å². The molecular weight excluding hydrogens is 645 g/mol. The third-order valence-electron chi connectivity index (χ3n) is 11.8. The van der Waals surface area contributed by atoms with Crippen LogP contribution in [0.3, 0.4) is 0 Å². The zero-order chi connectivity index (χ0) is 35.5. The molecule has 0 saturated carbocycles. The number of fused-ring (bicyclic) bond motifs is 7. The molecule has 0 N–H and O–H groups in total. The van der Waals surface area contributed by atoms with E-state index in [9.17, 15) is 0 Å². The van der Waals surface area contributed by atoms with Crippen molar-refractivity contribution in [2.75, 3.05) is 9.80 Å². The van der Waals surface area contributed by atoms with E-state index in [1.807, 2.05) is 0 Å². The Morgan fingerprint density at radius 3 is 1.53 bits per heavy atom. The quantitative estimate of drug-likeness (QED) is 0.166. The molecule has 0 amide bonds. The minimum absolute atomic E-state index is 0.135. The third-order valence-corrected chi connectivity index (χ3v) is 11.8. The Labute approximate surface area is 311 Å². The zero-order valence-electron chi connectivity index (χ0n) is 30.3. The van der Waals surface area contributed by atoms with Crippen molar-refractivity contribution in [2.24, 2.45) is 0 Å². The summed E-state index contributed by atoms with van der Waals surface area (Å²) in [5, 5.41) is 2.39. The topological polar surface area (TPSA) is 19.6 Å². The van der Waals surface area contributed by atoms with E-state index in [0.29, 0.717) is 5.92 Å². The molecule has 0 bridgehead atoms. The fraction of sp³-hybridized carbons (Fsp3) is 0.160. The normalized spacial score (nSPS) is 16.1. The average Bonchev–Trinajstić information content (AvgIpc) is 3.90. The van der Waals surface area contributed by atoms with Crippen molar-refractivity contribution >= 4 is 56.1 Å². The maximum Gasteiger partial charge on any atom is 0.135 e. The number of furan rings is 1. The third kappa shape index (κ3) is 5.02.